The van der Waals surface area contributed by atoms with E-state index in [0.717, 1.165) is 12.4 Å². The number of anilines is 1. The molecule has 4 nitrogen and oxygen atoms in total. The molecule has 0 bridgehead atoms. The van der Waals surface area contributed by atoms with Crippen LogP contribution < -0.4 is 4.90 Å². The molecule has 0 saturated carbocycles. The first-order valence-corrected chi connectivity index (χ1v) is 4.31. The molecule has 0 aliphatic heterocycles. The fourth-order valence-electron chi connectivity index (χ4n) is 1.19. The second kappa shape index (κ2) is 4.07. The van der Waals surface area contributed by atoms with Crippen LogP contribution in [0.25, 0.3) is 0 Å². The monoisotopic (exact) mass is 181 g/mol. The van der Waals surface area contributed by atoms with Gasteiger partial charge in [-0.05, 0) is 5.92 Å². The Bertz CT molecular complexity index is 275. The van der Waals surface area contributed by atoms with Crippen molar-refractivity contribution in [1.29, 1.82) is 0 Å². The Labute approximate surface area is 78.2 Å². The lowest BCUT2D eigenvalue weighted by molar-refractivity contribution is 0.451. The summed E-state index contributed by atoms with van der Waals surface area (Å²) >= 11 is 0. The molecular weight excluding hydrogens is 166 g/mol. The molecule has 0 spiro atoms. The van der Waals surface area contributed by atoms with Crippen LogP contribution in [-0.4, -0.2) is 28.7 Å². The summed E-state index contributed by atoms with van der Waals surface area (Å²) in [6, 6.07) is 1.56. The highest BCUT2D eigenvalue weighted by Crippen LogP contribution is 2.13. The lowest BCUT2D eigenvalue weighted by atomic mass is 10.2. The number of hydrogen-bond acceptors (Lipinski definition) is 4. The first kappa shape index (κ1) is 9.77. The van der Waals surface area contributed by atoms with Crippen LogP contribution in [0.3, 0.4) is 0 Å². The molecule has 72 valence electrons. The molecule has 0 unspecified atom stereocenters. The number of rotatable bonds is 3. The van der Waals surface area contributed by atoms with E-state index in [1.807, 2.05) is 11.9 Å². The molecule has 0 radical (unpaired) electrons. The highest BCUT2D eigenvalue weighted by molar-refractivity contribution is 5.39. The Morgan fingerprint density at radius 3 is 2.69 bits per heavy atom. The highest BCUT2D eigenvalue weighted by atomic mass is 16.3. The molecule has 4 heteroatoms. The third-order valence-electron chi connectivity index (χ3n) is 1.67. The third-order valence-corrected chi connectivity index (χ3v) is 1.67. The summed E-state index contributed by atoms with van der Waals surface area (Å²) in [4.78, 5) is 9.66. The maximum Gasteiger partial charge on any atom is 0.215 e. The van der Waals surface area contributed by atoms with Crippen molar-refractivity contribution in [2.75, 3.05) is 18.5 Å². The van der Waals surface area contributed by atoms with Gasteiger partial charge in [0.15, 0.2) is 0 Å². The molecule has 0 aliphatic rings. The molecule has 1 aromatic heterocycles. The van der Waals surface area contributed by atoms with Crippen molar-refractivity contribution in [3.63, 3.8) is 0 Å². The van der Waals surface area contributed by atoms with Gasteiger partial charge < -0.3 is 10.0 Å². The SMILES string of the molecule is CC(C)CN(C)c1cc(O)ncn1. The van der Waals surface area contributed by atoms with Crippen molar-refractivity contribution in [2.45, 2.75) is 13.8 Å². The van der Waals surface area contributed by atoms with Gasteiger partial charge in [0.1, 0.15) is 12.1 Å². The number of aromatic hydroxyl groups is 1. The Morgan fingerprint density at radius 2 is 2.15 bits per heavy atom. The van der Waals surface area contributed by atoms with Gasteiger partial charge in [0.05, 0.1) is 0 Å². The van der Waals surface area contributed by atoms with Crippen LogP contribution in [0.5, 0.6) is 5.88 Å². The predicted octanol–water partition coefficient (Wildman–Crippen LogP) is 1.27. The molecule has 0 aromatic carbocycles. The van der Waals surface area contributed by atoms with Gasteiger partial charge in [0.25, 0.3) is 0 Å². The summed E-state index contributed by atoms with van der Waals surface area (Å²) in [6.45, 7) is 5.19. The zero-order valence-corrected chi connectivity index (χ0v) is 8.23. The lowest BCUT2D eigenvalue weighted by Gasteiger charge is -2.19. The molecule has 0 aliphatic carbocycles. The second-order valence-electron chi connectivity index (χ2n) is 3.51. The third kappa shape index (κ3) is 2.89. The molecule has 1 rings (SSSR count). The summed E-state index contributed by atoms with van der Waals surface area (Å²) in [5.41, 5.74) is 0. The fraction of sp³-hybridized carbons (Fsp3) is 0.556. The first-order chi connectivity index (χ1) is 6.09. The van der Waals surface area contributed by atoms with E-state index in [0.29, 0.717) is 5.92 Å². The molecule has 1 aromatic rings. The normalized spacial score (nSPS) is 10.5. The zero-order chi connectivity index (χ0) is 9.84. The van der Waals surface area contributed by atoms with Gasteiger partial charge in [0, 0.05) is 19.7 Å². The summed E-state index contributed by atoms with van der Waals surface area (Å²) < 4.78 is 0. The highest BCUT2D eigenvalue weighted by Gasteiger charge is 2.05. The Kier molecular flexibility index (Phi) is 3.06. The standard InChI is InChI=1S/C9H15N3O/c1-7(2)5-12(3)8-4-9(13)11-6-10-8/h4,6-7H,5H2,1-3H3,(H,10,11,13). The molecule has 0 atom stereocenters. The lowest BCUT2D eigenvalue weighted by Crippen LogP contribution is -2.23. The topological polar surface area (TPSA) is 49.2 Å². The van der Waals surface area contributed by atoms with Crippen LogP contribution in [0.15, 0.2) is 12.4 Å². The maximum atomic E-state index is 9.12. The Balaban J connectivity index is 2.71. The largest absolute Gasteiger partial charge is 0.493 e. The molecule has 1 N–H and O–H groups in total. The zero-order valence-electron chi connectivity index (χ0n) is 8.23. The van der Waals surface area contributed by atoms with Gasteiger partial charge in [-0.1, -0.05) is 13.8 Å². The number of hydrogen-bond donors (Lipinski definition) is 1. The molecule has 0 fully saturated rings. The fourth-order valence-corrected chi connectivity index (χ4v) is 1.19. The summed E-state index contributed by atoms with van der Waals surface area (Å²) in [7, 11) is 1.95. The van der Waals surface area contributed by atoms with E-state index < -0.39 is 0 Å². The van der Waals surface area contributed by atoms with Gasteiger partial charge in [0.2, 0.25) is 5.88 Å². The van der Waals surface area contributed by atoms with Crippen LogP contribution in [0.2, 0.25) is 0 Å². The van der Waals surface area contributed by atoms with E-state index in [-0.39, 0.29) is 5.88 Å². The summed E-state index contributed by atoms with van der Waals surface area (Å²) in [5, 5.41) is 9.12. The maximum absolute atomic E-state index is 9.12. The van der Waals surface area contributed by atoms with E-state index >= 15 is 0 Å². The minimum atomic E-state index is 0.0145. The minimum Gasteiger partial charge on any atom is -0.493 e. The van der Waals surface area contributed by atoms with Crippen molar-refractivity contribution in [1.82, 2.24) is 9.97 Å². The molecule has 0 saturated heterocycles. The van der Waals surface area contributed by atoms with Crippen molar-refractivity contribution < 1.29 is 5.11 Å². The van der Waals surface area contributed by atoms with Gasteiger partial charge in [-0.15, -0.1) is 0 Å². The second-order valence-corrected chi connectivity index (χ2v) is 3.51. The Hall–Kier alpha value is -1.32. The quantitative estimate of drug-likeness (QED) is 0.763. The summed E-state index contributed by atoms with van der Waals surface area (Å²) in [6.07, 6.45) is 1.36. The van der Waals surface area contributed by atoms with Gasteiger partial charge in [-0.2, -0.15) is 0 Å². The van der Waals surface area contributed by atoms with Gasteiger partial charge in [-0.25, -0.2) is 9.97 Å². The molecule has 13 heavy (non-hydrogen) atoms. The molecular formula is C9H15N3O. The van der Waals surface area contributed by atoms with Crippen LogP contribution in [0, 0.1) is 5.92 Å². The van der Waals surface area contributed by atoms with Crippen LogP contribution in [-0.2, 0) is 0 Å². The van der Waals surface area contributed by atoms with Gasteiger partial charge >= 0.3 is 0 Å². The van der Waals surface area contributed by atoms with Crippen LogP contribution in [0.1, 0.15) is 13.8 Å². The van der Waals surface area contributed by atoms with Crippen LogP contribution in [0.4, 0.5) is 5.82 Å². The van der Waals surface area contributed by atoms with Crippen molar-refractivity contribution in [3.05, 3.63) is 12.4 Å². The van der Waals surface area contributed by atoms with E-state index in [1.165, 1.54) is 6.33 Å². The molecule has 0 amide bonds. The number of aromatic nitrogens is 2. The minimum absolute atomic E-state index is 0.0145. The van der Waals surface area contributed by atoms with Crippen molar-refractivity contribution >= 4 is 5.82 Å². The Morgan fingerprint density at radius 1 is 1.46 bits per heavy atom. The number of nitrogens with zero attached hydrogens (tertiary/aromatic N) is 3. The first-order valence-electron chi connectivity index (χ1n) is 4.31. The van der Waals surface area contributed by atoms with E-state index in [4.69, 9.17) is 5.11 Å². The van der Waals surface area contributed by atoms with Gasteiger partial charge in [-0.3, -0.25) is 0 Å². The predicted molar refractivity (Wildman–Crippen MR) is 51.8 cm³/mol. The van der Waals surface area contributed by atoms with E-state index in [1.54, 1.807) is 6.07 Å². The van der Waals surface area contributed by atoms with Crippen molar-refractivity contribution in [3.8, 4) is 5.88 Å². The van der Waals surface area contributed by atoms with Crippen molar-refractivity contribution in [2.24, 2.45) is 5.92 Å². The smallest absolute Gasteiger partial charge is 0.215 e. The molecule has 1 heterocycles. The summed E-state index contributed by atoms with van der Waals surface area (Å²) in [5.74, 6) is 1.34. The average Bonchev–Trinajstić information content (AvgIpc) is 2.03. The van der Waals surface area contributed by atoms with E-state index in [2.05, 4.69) is 23.8 Å². The average molecular weight is 181 g/mol. The van der Waals surface area contributed by atoms with E-state index in [9.17, 15) is 0 Å². The van der Waals surface area contributed by atoms with Crippen LogP contribution >= 0.6 is 0 Å².